The molecule has 2 amide bonds. The number of nitrogens with one attached hydrogen (secondary N) is 2. The average Bonchev–Trinajstić information content (AvgIpc) is 3.39. The zero-order chi connectivity index (χ0) is 17.9. The van der Waals surface area contributed by atoms with E-state index in [0.29, 0.717) is 22.0 Å². The maximum absolute atomic E-state index is 12.9. The van der Waals surface area contributed by atoms with Crippen LogP contribution in [0.5, 0.6) is 0 Å². The topological polar surface area (TPSA) is 67.4 Å². The third-order valence-corrected chi connectivity index (χ3v) is 6.96. The first-order valence-corrected chi connectivity index (χ1v) is 10.8. The van der Waals surface area contributed by atoms with E-state index < -0.39 is 0 Å². The lowest BCUT2D eigenvalue weighted by Crippen LogP contribution is -2.32. The summed E-state index contributed by atoms with van der Waals surface area (Å²) in [6.07, 6.45) is 6.28. The molecule has 2 aliphatic rings. The molecule has 0 spiro atoms. The number of hydrogen-bond donors (Lipinski definition) is 2. The lowest BCUT2D eigenvalue weighted by Gasteiger charge is -2.15. The summed E-state index contributed by atoms with van der Waals surface area (Å²) in [5.74, 6) is -0.242. The van der Waals surface area contributed by atoms with Crippen molar-refractivity contribution in [3.05, 3.63) is 38.4 Å². The van der Waals surface area contributed by atoms with Crippen molar-refractivity contribution in [2.24, 2.45) is 0 Å². The fourth-order valence-corrected chi connectivity index (χ4v) is 5.47. The number of thiophene rings is 2. The van der Waals surface area contributed by atoms with Crippen LogP contribution in [0.15, 0.2) is 17.5 Å². The fourth-order valence-electron chi connectivity index (χ4n) is 3.57. The number of fused-ring (bicyclic) bond motifs is 1. The second-order valence-corrected chi connectivity index (χ2v) is 8.74. The van der Waals surface area contributed by atoms with Crippen LogP contribution in [0.25, 0.3) is 0 Å². The first-order chi connectivity index (χ1) is 12.7. The van der Waals surface area contributed by atoms with E-state index in [9.17, 15) is 9.59 Å². The number of ether oxygens (including phenoxy) is 1. The maximum atomic E-state index is 12.9. The van der Waals surface area contributed by atoms with Crippen molar-refractivity contribution in [2.45, 2.75) is 44.6 Å². The van der Waals surface area contributed by atoms with E-state index in [1.54, 1.807) is 17.4 Å². The van der Waals surface area contributed by atoms with Crippen molar-refractivity contribution in [2.75, 3.05) is 18.5 Å². The molecule has 7 heteroatoms. The molecule has 1 atom stereocenters. The Morgan fingerprint density at radius 1 is 1.19 bits per heavy atom. The summed E-state index contributed by atoms with van der Waals surface area (Å²) in [5.41, 5.74) is 1.78. The van der Waals surface area contributed by atoms with E-state index in [0.717, 1.165) is 50.7 Å². The molecular weight excluding hydrogens is 368 g/mol. The highest BCUT2D eigenvalue weighted by atomic mass is 32.1. The van der Waals surface area contributed by atoms with E-state index in [-0.39, 0.29) is 17.9 Å². The van der Waals surface area contributed by atoms with Crippen molar-refractivity contribution in [3.63, 3.8) is 0 Å². The van der Waals surface area contributed by atoms with Crippen molar-refractivity contribution < 1.29 is 14.3 Å². The summed E-state index contributed by atoms with van der Waals surface area (Å²) in [6.45, 7) is 1.30. The van der Waals surface area contributed by atoms with Gasteiger partial charge >= 0.3 is 0 Å². The summed E-state index contributed by atoms with van der Waals surface area (Å²) in [7, 11) is 0. The van der Waals surface area contributed by atoms with Gasteiger partial charge in [-0.2, -0.15) is 0 Å². The number of hydrogen-bond acceptors (Lipinski definition) is 5. The fraction of sp³-hybridized carbons (Fsp3) is 0.474. The number of rotatable bonds is 5. The minimum absolute atomic E-state index is 0.0959. The van der Waals surface area contributed by atoms with Crippen molar-refractivity contribution in [1.29, 1.82) is 0 Å². The molecular formula is C19H22N2O3S2. The van der Waals surface area contributed by atoms with Gasteiger partial charge in [-0.15, -0.1) is 22.7 Å². The maximum Gasteiger partial charge on any atom is 0.266 e. The highest BCUT2D eigenvalue weighted by molar-refractivity contribution is 7.17. The molecule has 26 heavy (non-hydrogen) atoms. The van der Waals surface area contributed by atoms with Crippen LogP contribution in [-0.4, -0.2) is 31.1 Å². The molecule has 0 aromatic carbocycles. The largest absolute Gasteiger partial charge is 0.376 e. The minimum atomic E-state index is -0.147. The summed E-state index contributed by atoms with van der Waals surface area (Å²) < 4.78 is 5.60. The number of carbonyl (C=O) groups is 2. The lowest BCUT2D eigenvalue weighted by molar-refractivity contribution is 0.0858. The van der Waals surface area contributed by atoms with E-state index >= 15 is 0 Å². The number of carbonyl (C=O) groups excluding carboxylic acids is 2. The van der Waals surface area contributed by atoms with Gasteiger partial charge in [0.15, 0.2) is 0 Å². The van der Waals surface area contributed by atoms with Crippen LogP contribution in [0.3, 0.4) is 0 Å². The molecule has 1 aliphatic heterocycles. The van der Waals surface area contributed by atoms with Crippen LogP contribution in [0, 0.1) is 0 Å². The second kappa shape index (κ2) is 7.90. The lowest BCUT2D eigenvalue weighted by atomic mass is 9.95. The van der Waals surface area contributed by atoms with Crippen LogP contribution in [0.1, 0.15) is 56.2 Å². The van der Waals surface area contributed by atoms with Gasteiger partial charge in [-0.25, -0.2) is 0 Å². The molecule has 2 N–H and O–H groups in total. The highest BCUT2D eigenvalue weighted by Crippen LogP contribution is 2.38. The predicted molar refractivity (Wildman–Crippen MR) is 105 cm³/mol. The third kappa shape index (κ3) is 3.70. The Morgan fingerprint density at radius 3 is 2.85 bits per heavy atom. The number of aryl methyl sites for hydroxylation is 1. The van der Waals surface area contributed by atoms with Crippen LogP contribution >= 0.6 is 22.7 Å². The number of anilines is 1. The van der Waals surface area contributed by atoms with E-state index in [1.165, 1.54) is 16.2 Å². The van der Waals surface area contributed by atoms with E-state index in [4.69, 9.17) is 4.74 Å². The SMILES string of the molecule is O=C(Nc1sc2c(c1C(=O)NC[C@@H]1CCCO1)CCCC2)c1cccs1. The first-order valence-electron chi connectivity index (χ1n) is 9.11. The molecule has 0 bridgehead atoms. The zero-order valence-electron chi connectivity index (χ0n) is 14.5. The molecule has 1 fully saturated rings. The first kappa shape index (κ1) is 17.7. The van der Waals surface area contributed by atoms with Gasteiger partial charge in [0, 0.05) is 18.0 Å². The molecule has 3 heterocycles. The van der Waals surface area contributed by atoms with Crippen LogP contribution < -0.4 is 10.6 Å². The van der Waals surface area contributed by atoms with Gasteiger partial charge in [0.05, 0.1) is 16.5 Å². The molecule has 1 saturated heterocycles. The van der Waals surface area contributed by atoms with Gasteiger partial charge in [0.25, 0.3) is 11.8 Å². The average molecular weight is 391 g/mol. The molecule has 0 radical (unpaired) electrons. The summed E-state index contributed by atoms with van der Waals surface area (Å²) >= 11 is 2.96. The van der Waals surface area contributed by atoms with Gasteiger partial charge < -0.3 is 15.4 Å². The van der Waals surface area contributed by atoms with Gasteiger partial charge in [-0.1, -0.05) is 6.07 Å². The summed E-state index contributed by atoms with van der Waals surface area (Å²) in [6, 6.07) is 3.65. The van der Waals surface area contributed by atoms with Gasteiger partial charge in [0.2, 0.25) is 0 Å². The van der Waals surface area contributed by atoms with Crippen LogP contribution in [0.4, 0.5) is 5.00 Å². The summed E-state index contributed by atoms with van der Waals surface area (Å²) in [5, 5.41) is 8.56. The monoisotopic (exact) mass is 390 g/mol. The Bertz CT molecular complexity index is 792. The van der Waals surface area contributed by atoms with Crippen molar-refractivity contribution >= 4 is 39.5 Å². The standard InChI is InChI=1S/C19H22N2O3S2/c22-17(15-8-4-10-25-15)21-19-16(13-6-1-2-7-14(13)26-19)18(23)20-11-12-5-3-9-24-12/h4,8,10,12H,1-3,5-7,9,11H2,(H,20,23)(H,21,22)/t12-/m0/s1. The zero-order valence-corrected chi connectivity index (χ0v) is 16.1. The Hall–Kier alpha value is -1.70. The Balaban J connectivity index is 1.55. The number of amides is 2. The predicted octanol–water partition coefficient (Wildman–Crippen LogP) is 3.85. The second-order valence-electron chi connectivity index (χ2n) is 6.69. The molecule has 2 aromatic heterocycles. The molecule has 0 unspecified atom stereocenters. The van der Waals surface area contributed by atoms with Crippen molar-refractivity contribution in [3.8, 4) is 0 Å². The Kier molecular flexibility index (Phi) is 5.38. The van der Waals surface area contributed by atoms with E-state index in [1.807, 2.05) is 11.4 Å². The summed E-state index contributed by atoms with van der Waals surface area (Å²) in [4.78, 5) is 27.3. The van der Waals surface area contributed by atoms with E-state index in [2.05, 4.69) is 10.6 Å². The highest BCUT2D eigenvalue weighted by Gasteiger charge is 2.27. The molecule has 138 valence electrons. The smallest absolute Gasteiger partial charge is 0.266 e. The molecule has 4 rings (SSSR count). The molecule has 5 nitrogen and oxygen atoms in total. The Labute approximate surface area is 160 Å². The Morgan fingerprint density at radius 2 is 2.08 bits per heavy atom. The molecule has 0 saturated carbocycles. The quantitative estimate of drug-likeness (QED) is 0.815. The van der Waals surface area contributed by atoms with Crippen molar-refractivity contribution in [1.82, 2.24) is 5.32 Å². The molecule has 2 aromatic rings. The minimum Gasteiger partial charge on any atom is -0.376 e. The van der Waals surface area contributed by atoms with Gasteiger partial charge in [0.1, 0.15) is 5.00 Å². The van der Waals surface area contributed by atoms with Crippen LogP contribution in [-0.2, 0) is 17.6 Å². The van der Waals surface area contributed by atoms with Gasteiger partial charge in [-0.05, 0) is 55.5 Å². The molecule has 1 aliphatic carbocycles. The van der Waals surface area contributed by atoms with Gasteiger partial charge in [-0.3, -0.25) is 9.59 Å². The normalized spacial score (nSPS) is 19.2. The third-order valence-electron chi connectivity index (χ3n) is 4.88. The van der Waals surface area contributed by atoms with Crippen LogP contribution in [0.2, 0.25) is 0 Å².